The highest BCUT2D eigenvalue weighted by atomic mass is 16.5. The Morgan fingerprint density at radius 1 is 1.21 bits per heavy atom. The molecule has 2 aliphatic heterocycles. The zero-order valence-electron chi connectivity index (χ0n) is 20.9. The van der Waals surface area contributed by atoms with Gasteiger partial charge in [0.2, 0.25) is 5.91 Å². The molecule has 1 aromatic rings. The Morgan fingerprint density at radius 2 is 1.88 bits per heavy atom. The second kappa shape index (κ2) is 9.56. The largest absolute Gasteiger partial charge is 0.378 e. The molecule has 1 spiro atoms. The van der Waals surface area contributed by atoms with Crippen molar-refractivity contribution in [1.82, 2.24) is 10.2 Å². The molecule has 186 valence electrons. The van der Waals surface area contributed by atoms with Crippen LogP contribution in [0.1, 0.15) is 58.4 Å². The van der Waals surface area contributed by atoms with Crippen molar-refractivity contribution in [2.45, 2.75) is 65.3 Å². The van der Waals surface area contributed by atoms with E-state index < -0.39 is 11.6 Å². The summed E-state index contributed by atoms with van der Waals surface area (Å²) in [5.74, 6) is -0.100. The molecule has 4 rings (SSSR count). The SMILES string of the molecule is CCC(C)(C)C1CCC2(CC1)NC(=O)N(CC(=O)Nc1ccc(N3CCOCC3)cc1C)C2=O. The Bertz CT molecular complexity index is 946. The van der Waals surface area contributed by atoms with Gasteiger partial charge in [-0.25, -0.2) is 4.79 Å². The van der Waals surface area contributed by atoms with Gasteiger partial charge in [0.15, 0.2) is 0 Å². The third kappa shape index (κ3) is 4.78. The smallest absolute Gasteiger partial charge is 0.325 e. The Kier molecular flexibility index (Phi) is 6.90. The first-order valence-corrected chi connectivity index (χ1v) is 12.5. The maximum Gasteiger partial charge on any atom is 0.325 e. The average molecular weight is 471 g/mol. The number of nitrogens with zero attached hydrogens (tertiary/aromatic N) is 2. The summed E-state index contributed by atoms with van der Waals surface area (Å²) >= 11 is 0. The Hall–Kier alpha value is -2.61. The zero-order valence-corrected chi connectivity index (χ0v) is 20.9. The van der Waals surface area contributed by atoms with Crippen molar-refractivity contribution in [2.24, 2.45) is 11.3 Å². The van der Waals surface area contributed by atoms with Crippen LogP contribution in [0, 0.1) is 18.3 Å². The number of hydrogen-bond donors (Lipinski definition) is 2. The van der Waals surface area contributed by atoms with E-state index in [2.05, 4.69) is 36.3 Å². The van der Waals surface area contributed by atoms with Crippen LogP contribution in [0.3, 0.4) is 0 Å². The van der Waals surface area contributed by atoms with Crippen molar-refractivity contribution < 1.29 is 19.1 Å². The molecule has 8 heteroatoms. The lowest BCUT2D eigenvalue weighted by Gasteiger charge is -2.42. The van der Waals surface area contributed by atoms with Crippen LogP contribution in [-0.2, 0) is 14.3 Å². The van der Waals surface area contributed by atoms with Crippen molar-refractivity contribution in [3.63, 3.8) is 0 Å². The molecule has 1 aromatic carbocycles. The van der Waals surface area contributed by atoms with Crippen LogP contribution in [0.5, 0.6) is 0 Å². The summed E-state index contributed by atoms with van der Waals surface area (Å²) in [5, 5.41) is 5.80. The van der Waals surface area contributed by atoms with Crippen LogP contribution in [-0.4, -0.2) is 61.1 Å². The molecular weight excluding hydrogens is 432 g/mol. The molecule has 0 bridgehead atoms. The Balaban J connectivity index is 1.36. The topological polar surface area (TPSA) is 91.0 Å². The Labute approximate surface area is 202 Å². The number of benzene rings is 1. The quantitative estimate of drug-likeness (QED) is 0.619. The molecule has 3 aliphatic rings. The van der Waals surface area contributed by atoms with E-state index in [9.17, 15) is 14.4 Å². The average Bonchev–Trinajstić information content (AvgIpc) is 3.05. The van der Waals surface area contributed by atoms with Crippen molar-refractivity contribution in [3.8, 4) is 0 Å². The number of carbonyl (C=O) groups is 3. The number of rotatable bonds is 6. The minimum Gasteiger partial charge on any atom is -0.378 e. The fourth-order valence-corrected chi connectivity index (χ4v) is 5.48. The number of aryl methyl sites for hydroxylation is 1. The van der Waals surface area contributed by atoms with E-state index in [0.717, 1.165) is 48.5 Å². The molecule has 4 amide bonds. The van der Waals surface area contributed by atoms with Gasteiger partial charge in [-0.05, 0) is 67.7 Å². The summed E-state index contributed by atoms with van der Waals surface area (Å²) in [6.45, 7) is 11.5. The van der Waals surface area contributed by atoms with Gasteiger partial charge in [0, 0.05) is 24.5 Å². The van der Waals surface area contributed by atoms with Crippen LogP contribution in [0.2, 0.25) is 0 Å². The standard InChI is InChI=1S/C26H38N4O4/c1-5-25(3,4)19-8-10-26(11-9-19)23(32)30(24(33)28-26)17-22(31)27-21-7-6-20(16-18(21)2)29-12-14-34-15-13-29/h6-7,16,19H,5,8-15,17H2,1-4H3,(H,27,31)(H,28,33). The van der Waals surface area contributed by atoms with Gasteiger partial charge >= 0.3 is 6.03 Å². The molecule has 3 fully saturated rings. The van der Waals surface area contributed by atoms with Crippen LogP contribution in [0.4, 0.5) is 16.2 Å². The third-order valence-electron chi connectivity index (χ3n) is 8.26. The van der Waals surface area contributed by atoms with Crippen LogP contribution >= 0.6 is 0 Å². The summed E-state index contributed by atoms with van der Waals surface area (Å²) in [6, 6.07) is 5.43. The van der Waals surface area contributed by atoms with E-state index in [-0.39, 0.29) is 23.8 Å². The maximum atomic E-state index is 13.2. The van der Waals surface area contributed by atoms with E-state index in [1.165, 1.54) is 0 Å². The number of carbonyl (C=O) groups excluding carboxylic acids is 3. The lowest BCUT2D eigenvalue weighted by atomic mass is 9.65. The summed E-state index contributed by atoms with van der Waals surface area (Å²) in [7, 11) is 0. The summed E-state index contributed by atoms with van der Waals surface area (Å²) in [6.07, 6.45) is 4.16. The first-order valence-electron chi connectivity index (χ1n) is 12.5. The molecule has 1 saturated carbocycles. The van der Waals surface area contributed by atoms with E-state index >= 15 is 0 Å². The number of nitrogens with one attached hydrogen (secondary N) is 2. The zero-order chi connectivity index (χ0) is 24.5. The maximum absolute atomic E-state index is 13.2. The molecule has 2 heterocycles. The van der Waals surface area contributed by atoms with Crippen molar-refractivity contribution in [1.29, 1.82) is 0 Å². The molecule has 34 heavy (non-hydrogen) atoms. The van der Waals surface area contributed by atoms with E-state index in [1.54, 1.807) is 0 Å². The molecule has 2 saturated heterocycles. The normalized spacial score (nSPS) is 25.6. The molecular formula is C26H38N4O4. The minimum atomic E-state index is -0.854. The number of morpholine rings is 1. The van der Waals surface area contributed by atoms with Gasteiger partial charge in [-0.15, -0.1) is 0 Å². The molecule has 0 aromatic heterocycles. The van der Waals surface area contributed by atoms with Gasteiger partial charge in [-0.2, -0.15) is 0 Å². The summed E-state index contributed by atoms with van der Waals surface area (Å²) < 4.78 is 5.41. The van der Waals surface area contributed by atoms with Gasteiger partial charge in [-0.3, -0.25) is 14.5 Å². The lowest BCUT2D eigenvalue weighted by molar-refractivity contribution is -0.135. The van der Waals surface area contributed by atoms with Gasteiger partial charge < -0.3 is 20.3 Å². The van der Waals surface area contributed by atoms with Crippen molar-refractivity contribution in [2.75, 3.05) is 43.1 Å². The van der Waals surface area contributed by atoms with E-state index in [4.69, 9.17) is 4.74 Å². The molecule has 0 radical (unpaired) electrons. The van der Waals surface area contributed by atoms with Gasteiger partial charge in [0.05, 0.1) is 13.2 Å². The molecule has 8 nitrogen and oxygen atoms in total. The van der Waals surface area contributed by atoms with Gasteiger partial charge in [0.1, 0.15) is 12.1 Å². The highest BCUT2D eigenvalue weighted by Crippen LogP contribution is 2.45. The highest BCUT2D eigenvalue weighted by molar-refractivity contribution is 6.10. The number of imide groups is 1. The molecule has 1 aliphatic carbocycles. The minimum absolute atomic E-state index is 0.224. The van der Waals surface area contributed by atoms with Gasteiger partial charge in [0.25, 0.3) is 5.91 Å². The number of amides is 4. The highest BCUT2D eigenvalue weighted by Gasteiger charge is 2.53. The second-order valence-corrected chi connectivity index (χ2v) is 10.7. The van der Waals surface area contributed by atoms with Gasteiger partial charge in [-0.1, -0.05) is 27.2 Å². The monoisotopic (exact) mass is 470 g/mol. The Morgan fingerprint density at radius 3 is 2.50 bits per heavy atom. The van der Waals surface area contributed by atoms with Crippen molar-refractivity contribution >= 4 is 29.2 Å². The molecule has 2 N–H and O–H groups in total. The first kappa shape index (κ1) is 24.5. The summed E-state index contributed by atoms with van der Waals surface area (Å²) in [4.78, 5) is 42.0. The number of ether oxygens (including phenoxy) is 1. The van der Waals surface area contributed by atoms with Crippen molar-refractivity contribution in [3.05, 3.63) is 23.8 Å². The third-order valence-corrected chi connectivity index (χ3v) is 8.26. The number of urea groups is 1. The fraction of sp³-hybridized carbons (Fsp3) is 0.654. The number of hydrogen-bond acceptors (Lipinski definition) is 5. The van der Waals surface area contributed by atoms with Crippen LogP contribution < -0.4 is 15.5 Å². The fourth-order valence-electron chi connectivity index (χ4n) is 5.48. The van der Waals surface area contributed by atoms with Crippen LogP contribution in [0.15, 0.2) is 18.2 Å². The first-order chi connectivity index (χ1) is 16.1. The lowest BCUT2D eigenvalue weighted by Crippen LogP contribution is -2.51. The van der Waals surface area contributed by atoms with Crippen LogP contribution in [0.25, 0.3) is 0 Å². The number of anilines is 2. The van der Waals surface area contributed by atoms with E-state index in [1.807, 2.05) is 25.1 Å². The predicted molar refractivity (Wildman–Crippen MR) is 132 cm³/mol. The van der Waals surface area contributed by atoms with E-state index in [0.29, 0.717) is 37.7 Å². The second-order valence-electron chi connectivity index (χ2n) is 10.7. The molecule has 0 unspecified atom stereocenters. The predicted octanol–water partition coefficient (Wildman–Crippen LogP) is 3.69. The summed E-state index contributed by atoms with van der Waals surface area (Å²) in [5.41, 5.74) is 2.08. The molecule has 0 atom stereocenters.